The van der Waals surface area contributed by atoms with Crippen LogP contribution in [-0.4, -0.2) is 5.78 Å². The van der Waals surface area contributed by atoms with E-state index in [9.17, 15) is 10.1 Å². The first-order chi connectivity index (χ1) is 14.3. The van der Waals surface area contributed by atoms with E-state index in [4.69, 9.17) is 0 Å². The Kier molecular flexibility index (Phi) is 3.85. The van der Waals surface area contributed by atoms with E-state index in [0.717, 1.165) is 37.7 Å². The number of nitrogens with zero attached hydrogens (tertiary/aromatic N) is 1. The third-order valence-corrected chi connectivity index (χ3v) is 9.85. The maximum Gasteiger partial charge on any atom is 0.174 e. The number of hydrogen-bond acceptors (Lipinski definition) is 2. The Balaban J connectivity index is 1.73. The van der Waals surface area contributed by atoms with E-state index in [2.05, 4.69) is 56.6 Å². The lowest BCUT2D eigenvalue weighted by molar-refractivity contribution is -0.138. The highest BCUT2D eigenvalue weighted by atomic mass is 16.1. The van der Waals surface area contributed by atoms with Gasteiger partial charge in [-0.05, 0) is 86.3 Å². The Morgan fingerprint density at radius 2 is 2.03 bits per heavy atom. The molecule has 0 heterocycles. The summed E-state index contributed by atoms with van der Waals surface area (Å²) >= 11 is 0. The van der Waals surface area contributed by atoms with Crippen LogP contribution in [0.5, 0.6) is 0 Å². The molecule has 5 aliphatic carbocycles. The summed E-state index contributed by atoms with van der Waals surface area (Å²) in [6.45, 7) is 12.4. The average molecular weight is 398 g/mol. The minimum absolute atomic E-state index is 0.00887. The maximum atomic E-state index is 13.9. The number of hydrogen-bond donors (Lipinski definition) is 0. The molecule has 0 aliphatic heterocycles. The zero-order valence-electron chi connectivity index (χ0n) is 18.6. The van der Waals surface area contributed by atoms with Crippen molar-refractivity contribution in [3.8, 4) is 17.9 Å². The standard InChI is InChI=1S/C28H31NO/c1-6-10-26-20(5)25(11-7-12-25)13-9-22(26)27-14-8-19(4)28(27,23(27)15-24(26)30)16-21(17-29)18(2)3/h7,11,15-16,19-20,22H,2,8-9,12-14H2,1,3-5H3/b21-16-. The van der Waals surface area contributed by atoms with Crippen molar-refractivity contribution in [1.82, 2.24) is 0 Å². The van der Waals surface area contributed by atoms with Crippen molar-refractivity contribution in [2.45, 2.75) is 59.8 Å². The van der Waals surface area contributed by atoms with E-state index in [-0.39, 0.29) is 33.9 Å². The van der Waals surface area contributed by atoms with Crippen molar-refractivity contribution in [2.24, 2.45) is 39.4 Å². The van der Waals surface area contributed by atoms with Gasteiger partial charge in [0.2, 0.25) is 0 Å². The first kappa shape index (κ1) is 19.6. The fourth-order valence-electron chi connectivity index (χ4n) is 8.27. The summed E-state index contributed by atoms with van der Waals surface area (Å²) in [5, 5.41) is 9.78. The molecule has 0 N–H and O–H groups in total. The zero-order valence-corrected chi connectivity index (χ0v) is 18.6. The number of ketones is 1. The van der Waals surface area contributed by atoms with Crippen LogP contribution in [0.3, 0.4) is 0 Å². The topological polar surface area (TPSA) is 40.9 Å². The van der Waals surface area contributed by atoms with E-state index in [1.54, 1.807) is 0 Å². The van der Waals surface area contributed by atoms with Crippen LogP contribution in [0.15, 0.2) is 47.6 Å². The van der Waals surface area contributed by atoms with Gasteiger partial charge in [-0.25, -0.2) is 0 Å². The summed E-state index contributed by atoms with van der Waals surface area (Å²) in [4.78, 5) is 13.9. The van der Waals surface area contributed by atoms with Gasteiger partial charge >= 0.3 is 0 Å². The molecule has 0 saturated heterocycles. The molecule has 0 aromatic heterocycles. The highest BCUT2D eigenvalue weighted by Crippen LogP contribution is 2.88. The van der Waals surface area contributed by atoms with Gasteiger partial charge in [-0.15, -0.1) is 5.92 Å². The summed E-state index contributed by atoms with van der Waals surface area (Å²) in [7, 11) is 0. The molecule has 0 bridgehead atoms. The van der Waals surface area contributed by atoms with Crippen molar-refractivity contribution in [2.75, 3.05) is 0 Å². The molecule has 3 fully saturated rings. The SMILES string of the molecule is C=C(C)/C(C#N)=C\C12C3=CC(=O)C4(C#CC)C(C)C5(C=CC5)CCC4C31CCC2C. The van der Waals surface area contributed by atoms with Crippen LogP contribution in [0.1, 0.15) is 59.8 Å². The lowest BCUT2D eigenvalue weighted by Crippen LogP contribution is -2.57. The molecule has 7 atom stereocenters. The van der Waals surface area contributed by atoms with E-state index >= 15 is 0 Å². The Hall–Kier alpha value is -2.32. The quantitative estimate of drug-likeness (QED) is 0.250. The predicted molar refractivity (Wildman–Crippen MR) is 119 cm³/mol. The van der Waals surface area contributed by atoms with Gasteiger partial charge < -0.3 is 0 Å². The van der Waals surface area contributed by atoms with Gasteiger partial charge in [-0.1, -0.05) is 44.6 Å². The van der Waals surface area contributed by atoms with Gasteiger partial charge in [-0.3, -0.25) is 4.79 Å². The second-order valence-corrected chi connectivity index (χ2v) is 10.5. The molecule has 0 radical (unpaired) electrons. The van der Waals surface area contributed by atoms with Gasteiger partial charge in [0.1, 0.15) is 5.41 Å². The van der Waals surface area contributed by atoms with Gasteiger partial charge in [-0.2, -0.15) is 5.26 Å². The average Bonchev–Trinajstić information content (AvgIpc) is 3.13. The number of allylic oxidation sites excluding steroid dienone is 7. The smallest absolute Gasteiger partial charge is 0.174 e. The minimum atomic E-state index is -0.600. The Morgan fingerprint density at radius 1 is 1.30 bits per heavy atom. The molecule has 3 saturated carbocycles. The Morgan fingerprint density at radius 3 is 2.60 bits per heavy atom. The number of nitriles is 1. The second-order valence-electron chi connectivity index (χ2n) is 10.5. The number of carbonyl (C=O) groups excluding carboxylic acids is 1. The van der Waals surface area contributed by atoms with Crippen LogP contribution < -0.4 is 0 Å². The molecule has 30 heavy (non-hydrogen) atoms. The molecular weight excluding hydrogens is 366 g/mol. The van der Waals surface area contributed by atoms with Crippen molar-refractivity contribution >= 4 is 5.78 Å². The van der Waals surface area contributed by atoms with Crippen LogP contribution in [0.25, 0.3) is 0 Å². The zero-order chi connectivity index (χ0) is 21.5. The first-order valence-electron chi connectivity index (χ1n) is 11.4. The van der Waals surface area contributed by atoms with Crippen molar-refractivity contribution < 1.29 is 4.79 Å². The number of carbonyl (C=O) groups is 1. The van der Waals surface area contributed by atoms with Crippen molar-refractivity contribution in [1.29, 1.82) is 5.26 Å². The van der Waals surface area contributed by atoms with E-state index in [1.165, 1.54) is 5.57 Å². The molecule has 7 unspecified atom stereocenters. The molecule has 5 rings (SSSR count). The molecule has 154 valence electrons. The summed E-state index contributed by atoms with van der Waals surface area (Å²) < 4.78 is 0. The molecule has 0 amide bonds. The van der Waals surface area contributed by atoms with E-state index in [0.29, 0.717) is 11.5 Å². The van der Waals surface area contributed by atoms with Gasteiger partial charge in [0, 0.05) is 10.8 Å². The fraction of sp³-hybridized carbons (Fsp3) is 0.571. The second kappa shape index (κ2) is 5.88. The molecule has 2 heteroatoms. The molecule has 2 spiro atoms. The number of fused-ring (bicyclic) bond motifs is 2. The summed E-state index contributed by atoms with van der Waals surface area (Å²) in [5.41, 5.74) is 2.13. The number of rotatable bonds is 2. The maximum absolute atomic E-state index is 13.9. The van der Waals surface area contributed by atoms with E-state index in [1.807, 2.05) is 19.9 Å². The van der Waals surface area contributed by atoms with Crippen LogP contribution in [0.2, 0.25) is 0 Å². The summed E-state index contributed by atoms with van der Waals surface area (Å²) in [6, 6.07) is 2.38. The van der Waals surface area contributed by atoms with Crippen molar-refractivity contribution in [3.05, 3.63) is 47.6 Å². The summed E-state index contributed by atoms with van der Waals surface area (Å²) in [5.74, 6) is 7.82. The monoisotopic (exact) mass is 397 g/mol. The van der Waals surface area contributed by atoms with Gasteiger partial charge in [0.25, 0.3) is 0 Å². The van der Waals surface area contributed by atoms with Crippen LogP contribution in [0, 0.1) is 62.6 Å². The largest absolute Gasteiger partial charge is 0.293 e. The molecule has 2 nitrogen and oxygen atoms in total. The molecular formula is C28H31NO. The Bertz CT molecular complexity index is 1070. The third-order valence-electron chi connectivity index (χ3n) is 9.85. The molecule has 0 aromatic carbocycles. The first-order valence-corrected chi connectivity index (χ1v) is 11.4. The van der Waals surface area contributed by atoms with Crippen molar-refractivity contribution in [3.63, 3.8) is 0 Å². The lowest BCUT2D eigenvalue weighted by Gasteiger charge is -2.58. The van der Waals surface area contributed by atoms with E-state index < -0.39 is 5.41 Å². The van der Waals surface area contributed by atoms with Gasteiger partial charge in [0.05, 0.1) is 11.6 Å². The van der Waals surface area contributed by atoms with Gasteiger partial charge in [0.15, 0.2) is 5.78 Å². The fourth-order valence-corrected chi connectivity index (χ4v) is 8.27. The highest BCUT2D eigenvalue weighted by Gasteiger charge is 2.84. The Labute approximate surface area is 180 Å². The summed E-state index contributed by atoms with van der Waals surface area (Å²) in [6.07, 6.45) is 14.3. The molecule has 0 aromatic rings. The third kappa shape index (κ3) is 1.86. The minimum Gasteiger partial charge on any atom is -0.293 e. The van der Waals surface area contributed by atoms with Crippen LogP contribution in [-0.2, 0) is 4.79 Å². The normalized spacial score (nSPS) is 47.7. The highest BCUT2D eigenvalue weighted by molar-refractivity contribution is 6.02. The molecule has 5 aliphatic rings. The lowest BCUT2D eigenvalue weighted by atomic mass is 9.43. The predicted octanol–water partition coefficient (Wildman–Crippen LogP) is 5.94. The van der Waals surface area contributed by atoms with Crippen LogP contribution >= 0.6 is 0 Å². The van der Waals surface area contributed by atoms with Crippen LogP contribution in [0.4, 0.5) is 0 Å².